The summed E-state index contributed by atoms with van der Waals surface area (Å²) in [5.74, 6) is 0.332. The molecule has 0 aliphatic carbocycles. The molecule has 0 unspecified atom stereocenters. The van der Waals surface area contributed by atoms with E-state index in [0.717, 1.165) is 27.7 Å². The number of aromatic nitrogens is 1. The predicted octanol–water partition coefficient (Wildman–Crippen LogP) is 2.88. The van der Waals surface area contributed by atoms with Crippen LogP contribution in [-0.4, -0.2) is 4.98 Å². The molecule has 0 fully saturated rings. The van der Waals surface area contributed by atoms with Crippen LogP contribution in [-0.2, 0) is 5.88 Å². The third-order valence-corrected chi connectivity index (χ3v) is 2.89. The molecule has 3 heteroatoms. The van der Waals surface area contributed by atoms with Gasteiger partial charge in [0.05, 0.1) is 11.4 Å². The molecule has 0 saturated heterocycles. The van der Waals surface area contributed by atoms with Crippen molar-refractivity contribution in [1.29, 1.82) is 0 Å². The van der Waals surface area contributed by atoms with Gasteiger partial charge in [0.2, 0.25) is 0 Å². The van der Waals surface area contributed by atoms with Crippen LogP contribution in [0, 0.1) is 13.8 Å². The molecule has 0 spiro atoms. The first-order valence-corrected chi connectivity index (χ1v) is 5.35. The number of pyridine rings is 1. The second kappa shape index (κ2) is 3.70. The highest BCUT2D eigenvalue weighted by Crippen LogP contribution is 2.17. The zero-order chi connectivity index (χ0) is 11.0. The van der Waals surface area contributed by atoms with Gasteiger partial charge in [-0.1, -0.05) is 12.1 Å². The molecule has 2 rings (SSSR count). The lowest BCUT2D eigenvalue weighted by molar-refractivity contribution is 1.19. The number of H-pyrrole nitrogens is 1. The van der Waals surface area contributed by atoms with Crippen LogP contribution in [0.2, 0.25) is 0 Å². The standard InChI is InChI=1S/C12H12ClNO/c1-7-3-4-8(2)12-11(7)10(15)5-9(6-13)14-12/h3-5H,6H2,1-2H3,(H,14,15). The van der Waals surface area contributed by atoms with Crippen molar-refractivity contribution in [3.63, 3.8) is 0 Å². The molecule has 0 radical (unpaired) electrons. The van der Waals surface area contributed by atoms with Gasteiger partial charge in [0, 0.05) is 17.1 Å². The number of halogens is 1. The molecule has 78 valence electrons. The fourth-order valence-corrected chi connectivity index (χ4v) is 1.93. The summed E-state index contributed by atoms with van der Waals surface area (Å²) in [5.41, 5.74) is 3.78. The summed E-state index contributed by atoms with van der Waals surface area (Å²) in [6.45, 7) is 3.92. The molecule has 0 bridgehead atoms. The maximum atomic E-state index is 11.9. The van der Waals surface area contributed by atoms with E-state index >= 15 is 0 Å². The van der Waals surface area contributed by atoms with E-state index in [1.165, 1.54) is 0 Å². The summed E-state index contributed by atoms with van der Waals surface area (Å²) in [4.78, 5) is 15.0. The molecule has 1 aromatic carbocycles. The fourth-order valence-electron chi connectivity index (χ4n) is 1.79. The van der Waals surface area contributed by atoms with E-state index in [2.05, 4.69) is 4.98 Å². The van der Waals surface area contributed by atoms with Crippen molar-refractivity contribution < 1.29 is 0 Å². The largest absolute Gasteiger partial charge is 0.357 e. The molecule has 15 heavy (non-hydrogen) atoms. The van der Waals surface area contributed by atoms with Crippen LogP contribution >= 0.6 is 11.6 Å². The van der Waals surface area contributed by atoms with E-state index in [9.17, 15) is 4.79 Å². The number of aryl methyl sites for hydroxylation is 2. The Balaban J connectivity index is 2.97. The van der Waals surface area contributed by atoms with Gasteiger partial charge in [0.15, 0.2) is 5.43 Å². The molecule has 0 aliphatic rings. The minimum absolute atomic E-state index is 0.0422. The van der Waals surface area contributed by atoms with Crippen LogP contribution in [0.3, 0.4) is 0 Å². The maximum Gasteiger partial charge on any atom is 0.189 e. The van der Waals surface area contributed by atoms with Gasteiger partial charge in [-0.15, -0.1) is 11.6 Å². The Hall–Kier alpha value is -1.28. The summed E-state index contributed by atoms with van der Waals surface area (Å²) in [7, 11) is 0. The van der Waals surface area contributed by atoms with Crippen molar-refractivity contribution in [2.75, 3.05) is 0 Å². The van der Waals surface area contributed by atoms with E-state index < -0.39 is 0 Å². The van der Waals surface area contributed by atoms with Crippen molar-refractivity contribution >= 4 is 22.5 Å². The van der Waals surface area contributed by atoms with Crippen molar-refractivity contribution in [3.8, 4) is 0 Å². The number of hydrogen-bond acceptors (Lipinski definition) is 1. The van der Waals surface area contributed by atoms with E-state index in [4.69, 9.17) is 11.6 Å². The van der Waals surface area contributed by atoms with Crippen molar-refractivity contribution in [2.45, 2.75) is 19.7 Å². The molecule has 1 heterocycles. The number of hydrogen-bond donors (Lipinski definition) is 1. The molecule has 1 N–H and O–H groups in total. The van der Waals surface area contributed by atoms with Crippen LogP contribution in [0.25, 0.3) is 10.9 Å². The lowest BCUT2D eigenvalue weighted by Gasteiger charge is -2.06. The average molecular weight is 222 g/mol. The van der Waals surface area contributed by atoms with E-state index in [0.29, 0.717) is 5.88 Å². The monoisotopic (exact) mass is 221 g/mol. The summed E-state index contributed by atoms with van der Waals surface area (Å²) in [5, 5.41) is 0.767. The first kappa shape index (κ1) is 10.2. The maximum absolute atomic E-state index is 11.9. The minimum atomic E-state index is 0.0422. The second-order valence-electron chi connectivity index (χ2n) is 3.74. The van der Waals surface area contributed by atoms with E-state index in [1.807, 2.05) is 26.0 Å². The summed E-state index contributed by atoms with van der Waals surface area (Å²) in [6.07, 6.45) is 0. The highest BCUT2D eigenvalue weighted by Gasteiger charge is 2.06. The molecule has 1 aromatic heterocycles. The lowest BCUT2D eigenvalue weighted by atomic mass is 10.0. The van der Waals surface area contributed by atoms with Crippen molar-refractivity contribution in [1.82, 2.24) is 4.98 Å². The van der Waals surface area contributed by atoms with Gasteiger partial charge in [-0.3, -0.25) is 4.79 Å². The first-order valence-electron chi connectivity index (χ1n) is 4.81. The summed E-state index contributed by atoms with van der Waals surface area (Å²) in [6, 6.07) is 5.54. The first-order chi connectivity index (χ1) is 7.13. The van der Waals surface area contributed by atoms with Gasteiger partial charge in [-0.05, 0) is 25.0 Å². The van der Waals surface area contributed by atoms with Crippen LogP contribution in [0.1, 0.15) is 16.8 Å². The zero-order valence-electron chi connectivity index (χ0n) is 8.73. The third kappa shape index (κ3) is 1.65. The quantitative estimate of drug-likeness (QED) is 0.738. The van der Waals surface area contributed by atoms with Crippen LogP contribution < -0.4 is 5.43 Å². The average Bonchev–Trinajstić information content (AvgIpc) is 2.23. The van der Waals surface area contributed by atoms with Crippen molar-refractivity contribution in [3.05, 3.63) is 45.2 Å². The van der Waals surface area contributed by atoms with Gasteiger partial charge in [-0.2, -0.15) is 0 Å². The van der Waals surface area contributed by atoms with Crippen LogP contribution in [0.4, 0.5) is 0 Å². The SMILES string of the molecule is Cc1ccc(C)c2c(=O)cc(CCl)[nH]c12. The molecule has 2 aromatic rings. The van der Waals surface area contributed by atoms with Crippen molar-refractivity contribution in [2.24, 2.45) is 0 Å². The van der Waals surface area contributed by atoms with Gasteiger partial charge in [0.25, 0.3) is 0 Å². The predicted molar refractivity (Wildman–Crippen MR) is 63.6 cm³/mol. The molecule has 2 nitrogen and oxygen atoms in total. The number of aromatic amines is 1. The molecular formula is C12H12ClNO. The number of benzene rings is 1. The number of rotatable bonds is 1. The number of alkyl halides is 1. The Morgan fingerprint density at radius 1 is 1.27 bits per heavy atom. The Kier molecular flexibility index (Phi) is 2.53. The summed E-state index contributed by atoms with van der Waals surface area (Å²) >= 11 is 5.72. The van der Waals surface area contributed by atoms with Gasteiger partial charge in [0.1, 0.15) is 0 Å². The lowest BCUT2D eigenvalue weighted by Crippen LogP contribution is -2.06. The van der Waals surface area contributed by atoms with Gasteiger partial charge < -0.3 is 4.98 Å². The Morgan fingerprint density at radius 2 is 1.93 bits per heavy atom. The smallest absolute Gasteiger partial charge is 0.189 e. The van der Waals surface area contributed by atoms with Crippen LogP contribution in [0.5, 0.6) is 0 Å². The highest BCUT2D eigenvalue weighted by atomic mass is 35.5. The Bertz CT molecular complexity index is 572. The zero-order valence-corrected chi connectivity index (χ0v) is 9.48. The number of fused-ring (bicyclic) bond motifs is 1. The minimum Gasteiger partial charge on any atom is -0.357 e. The second-order valence-corrected chi connectivity index (χ2v) is 4.01. The van der Waals surface area contributed by atoms with E-state index in [-0.39, 0.29) is 5.43 Å². The van der Waals surface area contributed by atoms with Crippen LogP contribution in [0.15, 0.2) is 23.0 Å². The topological polar surface area (TPSA) is 32.9 Å². The normalized spacial score (nSPS) is 10.9. The molecule has 0 aliphatic heterocycles. The molecular weight excluding hydrogens is 210 g/mol. The molecule has 0 amide bonds. The number of nitrogens with one attached hydrogen (secondary N) is 1. The van der Waals surface area contributed by atoms with Gasteiger partial charge >= 0.3 is 0 Å². The summed E-state index contributed by atoms with van der Waals surface area (Å²) < 4.78 is 0. The molecule has 0 atom stereocenters. The molecule has 0 saturated carbocycles. The fraction of sp³-hybridized carbons (Fsp3) is 0.250. The van der Waals surface area contributed by atoms with E-state index in [1.54, 1.807) is 6.07 Å². The Labute approximate surface area is 92.9 Å². The van der Waals surface area contributed by atoms with Gasteiger partial charge in [-0.25, -0.2) is 0 Å². The Morgan fingerprint density at radius 3 is 2.60 bits per heavy atom. The highest BCUT2D eigenvalue weighted by molar-refractivity contribution is 6.17. The third-order valence-electron chi connectivity index (χ3n) is 2.60.